The van der Waals surface area contributed by atoms with Crippen LogP contribution in [-0.4, -0.2) is 18.0 Å². The summed E-state index contributed by atoms with van der Waals surface area (Å²) >= 11 is 1.85. The van der Waals surface area contributed by atoms with Gasteiger partial charge in [-0.1, -0.05) is 13.8 Å². The summed E-state index contributed by atoms with van der Waals surface area (Å²) < 4.78 is 0. The molecule has 96 valence electrons. The first-order valence-electron chi connectivity index (χ1n) is 6.60. The van der Waals surface area contributed by atoms with E-state index in [4.69, 9.17) is 5.73 Å². The van der Waals surface area contributed by atoms with E-state index in [9.17, 15) is 0 Å². The zero-order valence-corrected chi connectivity index (χ0v) is 12.0. The number of hydrogen-bond donors (Lipinski definition) is 1. The Morgan fingerprint density at radius 1 is 1.41 bits per heavy atom. The van der Waals surface area contributed by atoms with E-state index in [2.05, 4.69) is 31.7 Å². The Morgan fingerprint density at radius 3 is 2.76 bits per heavy atom. The topological polar surface area (TPSA) is 29.3 Å². The third kappa shape index (κ3) is 3.09. The van der Waals surface area contributed by atoms with Gasteiger partial charge < -0.3 is 5.73 Å². The lowest BCUT2D eigenvalue weighted by molar-refractivity contribution is 0.132. The van der Waals surface area contributed by atoms with Crippen LogP contribution in [0.3, 0.4) is 0 Å². The fraction of sp³-hybridized carbons (Fsp3) is 0.714. The number of nitrogens with two attached hydrogens (primary N) is 1. The number of aryl methyl sites for hydroxylation is 1. The third-order valence-electron chi connectivity index (χ3n) is 4.09. The van der Waals surface area contributed by atoms with Crippen molar-refractivity contribution in [3.05, 3.63) is 21.4 Å². The van der Waals surface area contributed by atoms with E-state index in [1.54, 1.807) is 0 Å². The van der Waals surface area contributed by atoms with Crippen LogP contribution in [0.4, 0.5) is 0 Å². The summed E-state index contributed by atoms with van der Waals surface area (Å²) in [6, 6.07) is 2.29. The summed E-state index contributed by atoms with van der Waals surface area (Å²) in [4.78, 5) is 5.35. The molecule has 1 saturated heterocycles. The van der Waals surface area contributed by atoms with Crippen LogP contribution in [0, 0.1) is 18.8 Å². The van der Waals surface area contributed by atoms with Crippen molar-refractivity contribution in [2.45, 2.75) is 40.3 Å². The fourth-order valence-electron chi connectivity index (χ4n) is 2.58. The minimum atomic E-state index is 0.680. The number of likely N-dealkylation sites (tertiary alicyclic amines) is 1. The molecule has 2 nitrogen and oxygen atoms in total. The first kappa shape index (κ1) is 13.1. The molecule has 1 aliphatic rings. The van der Waals surface area contributed by atoms with Crippen molar-refractivity contribution in [1.29, 1.82) is 0 Å². The van der Waals surface area contributed by atoms with Crippen molar-refractivity contribution in [1.82, 2.24) is 4.90 Å². The summed E-state index contributed by atoms with van der Waals surface area (Å²) in [6.45, 7) is 11.3. The number of piperidine rings is 1. The van der Waals surface area contributed by atoms with E-state index in [1.165, 1.54) is 34.8 Å². The highest BCUT2D eigenvalue weighted by molar-refractivity contribution is 7.12. The van der Waals surface area contributed by atoms with Gasteiger partial charge in [-0.2, -0.15) is 0 Å². The smallest absolute Gasteiger partial charge is 0.0274 e. The van der Waals surface area contributed by atoms with Gasteiger partial charge in [0.2, 0.25) is 0 Å². The Kier molecular flexibility index (Phi) is 4.23. The van der Waals surface area contributed by atoms with Crippen LogP contribution in [0.1, 0.15) is 35.6 Å². The van der Waals surface area contributed by atoms with E-state index < -0.39 is 0 Å². The minimum Gasteiger partial charge on any atom is -0.326 e. The Balaban J connectivity index is 1.98. The molecule has 3 heteroatoms. The van der Waals surface area contributed by atoms with Gasteiger partial charge in [0.25, 0.3) is 0 Å². The van der Waals surface area contributed by atoms with E-state index in [0.29, 0.717) is 6.54 Å². The van der Waals surface area contributed by atoms with E-state index in [-0.39, 0.29) is 0 Å². The fourth-order valence-corrected chi connectivity index (χ4v) is 3.51. The Labute approximate surface area is 109 Å². The van der Waals surface area contributed by atoms with Crippen molar-refractivity contribution < 1.29 is 0 Å². The molecule has 0 spiro atoms. The second kappa shape index (κ2) is 5.51. The summed E-state index contributed by atoms with van der Waals surface area (Å²) in [7, 11) is 0. The maximum absolute atomic E-state index is 5.70. The van der Waals surface area contributed by atoms with Crippen LogP contribution in [0.15, 0.2) is 6.07 Å². The number of thiophene rings is 1. The highest BCUT2D eigenvalue weighted by atomic mass is 32.1. The van der Waals surface area contributed by atoms with Crippen LogP contribution in [0.5, 0.6) is 0 Å². The molecular formula is C14H24N2S. The number of rotatable bonds is 3. The van der Waals surface area contributed by atoms with Gasteiger partial charge in [-0.05, 0) is 43.4 Å². The van der Waals surface area contributed by atoms with E-state index in [1.807, 2.05) is 11.3 Å². The standard InChI is InChI=1S/C14H24N2S/c1-10-4-5-16(8-11(10)2)9-13-6-14(7-15)17-12(13)3/h6,10-11H,4-5,7-9,15H2,1-3H3. The predicted octanol–water partition coefficient (Wildman–Crippen LogP) is 2.99. The predicted molar refractivity (Wildman–Crippen MR) is 75.2 cm³/mol. The SMILES string of the molecule is Cc1sc(CN)cc1CN1CCC(C)C(C)C1. The lowest BCUT2D eigenvalue weighted by Gasteiger charge is -2.35. The second-order valence-electron chi connectivity index (χ2n) is 5.48. The van der Waals surface area contributed by atoms with Crippen LogP contribution < -0.4 is 5.73 Å². The van der Waals surface area contributed by atoms with Crippen molar-refractivity contribution in [2.75, 3.05) is 13.1 Å². The van der Waals surface area contributed by atoms with Crippen molar-refractivity contribution in [2.24, 2.45) is 17.6 Å². The van der Waals surface area contributed by atoms with Gasteiger partial charge >= 0.3 is 0 Å². The van der Waals surface area contributed by atoms with Crippen molar-refractivity contribution in [3.63, 3.8) is 0 Å². The Bertz CT molecular complexity index is 372. The van der Waals surface area contributed by atoms with Crippen molar-refractivity contribution >= 4 is 11.3 Å². The molecule has 0 aliphatic carbocycles. The highest BCUT2D eigenvalue weighted by Crippen LogP contribution is 2.27. The zero-order chi connectivity index (χ0) is 12.4. The minimum absolute atomic E-state index is 0.680. The molecule has 1 aromatic heterocycles. The highest BCUT2D eigenvalue weighted by Gasteiger charge is 2.23. The molecule has 2 rings (SSSR count). The molecule has 1 fully saturated rings. The van der Waals surface area contributed by atoms with Gasteiger partial charge in [-0.3, -0.25) is 4.90 Å². The maximum atomic E-state index is 5.70. The molecule has 2 N–H and O–H groups in total. The monoisotopic (exact) mass is 252 g/mol. The van der Waals surface area contributed by atoms with Crippen LogP contribution >= 0.6 is 11.3 Å². The van der Waals surface area contributed by atoms with E-state index >= 15 is 0 Å². The molecule has 0 saturated carbocycles. The molecular weight excluding hydrogens is 228 g/mol. The maximum Gasteiger partial charge on any atom is 0.0274 e. The first-order valence-corrected chi connectivity index (χ1v) is 7.42. The molecule has 0 radical (unpaired) electrons. The van der Waals surface area contributed by atoms with Gasteiger partial charge in [-0.25, -0.2) is 0 Å². The molecule has 17 heavy (non-hydrogen) atoms. The van der Waals surface area contributed by atoms with Gasteiger partial charge in [0.1, 0.15) is 0 Å². The molecule has 1 aromatic rings. The number of hydrogen-bond acceptors (Lipinski definition) is 3. The molecule has 0 bridgehead atoms. The Morgan fingerprint density at radius 2 is 2.18 bits per heavy atom. The zero-order valence-electron chi connectivity index (χ0n) is 11.2. The summed E-state index contributed by atoms with van der Waals surface area (Å²) in [6.07, 6.45) is 1.34. The molecule has 0 aromatic carbocycles. The molecule has 2 unspecified atom stereocenters. The largest absolute Gasteiger partial charge is 0.326 e. The van der Waals surface area contributed by atoms with Crippen LogP contribution in [0.25, 0.3) is 0 Å². The molecule has 1 aliphatic heterocycles. The van der Waals surface area contributed by atoms with Gasteiger partial charge in [0.05, 0.1) is 0 Å². The summed E-state index contributed by atoms with van der Waals surface area (Å²) in [5.74, 6) is 1.71. The van der Waals surface area contributed by atoms with Crippen LogP contribution in [0.2, 0.25) is 0 Å². The Hall–Kier alpha value is -0.380. The molecule has 2 atom stereocenters. The lowest BCUT2D eigenvalue weighted by Crippen LogP contribution is -2.37. The average molecular weight is 252 g/mol. The average Bonchev–Trinajstić information content (AvgIpc) is 2.65. The molecule has 0 amide bonds. The first-order chi connectivity index (χ1) is 8.10. The lowest BCUT2D eigenvalue weighted by atomic mass is 9.88. The summed E-state index contributed by atoms with van der Waals surface area (Å²) in [5, 5.41) is 0. The van der Waals surface area contributed by atoms with Crippen LogP contribution in [-0.2, 0) is 13.1 Å². The van der Waals surface area contributed by atoms with Crippen molar-refractivity contribution in [3.8, 4) is 0 Å². The number of nitrogens with zero attached hydrogens (tertiary/aromatic N) is 1. The van der Waals surface area contributed by atoms with Gasteiger partial charge in [0, 0.05) is 29.4 Å². The van der Waals surface area contributed by atoms with Gasteiger partial charge in [0.15, 0.2) is 0 Å². The quantitative estimate of drug-likeness (QED) is 0.896. The van der Waals surface area contributed by atoms with E-state index in [0.717, 1.165) is 18.4 Å². The molecule has 2 heterocycles. The van der Waals surface area contributed by atoms with Gasteiger partial charge in [-0.15, -0.1) is 11.3 Å². The summed E-state index contributed by atoms with van der Waals surface area (Å²) in [5.41, 5.74) is 7.19. The second-order valence-corrected chi connectivity index (χ2v) is 6.82. The third-order valence-corrected chi connectivity index (χ3v) is 5.20. The normalized spacial score (nSPS) is 26.4.